The van der Waals surface area contributed by atoms with Gasteiger partial charge in [0, 0.05) is 12.1 Å². The van der Waals surface area contributed by atoms with Crippen LogP contribution in [0, 0.1) is 13.8 Å². The number of benzene rings is 3. The van der Waals surface area contributed by atoms with Crippen molar-refractivity contribution in [3.8, 4) is 16.9 Å². The highest BCUT2D eigenvalue weighted by atomic mass is 16.5. The second-order valence-corrected chi connectivity index (χ2v) is 9.06. The van der Waals surface area contributed by atoms with Gasteiger partial charge in [-0.15, -0.1) is 0 Å². The van der Waals surface area contributed by atoms with Gasteiger partial charge >= 0.3 is 5.97 Å². The highest BCUT2D eigenvalue weighted by molar-refractivity contribution is 5.78. The van der Waals surface area contributed by atoms with E-state index in [1.165, 1.54) is 22.3 Å². The van der Waals surface area contributed by atoms with Crippen LogP contribution in [0.1, 0.15) is 47.1 Å². The zero-order valence-corrected chi connectivity index (χ0v) is 20.3. The number of likely N-dealkylation sites (tertiary alicyclic amines) is 1. The summed E-state index contributed by atoms with van der Waals surface area (Å²) in [6.07, 6.45) is 7.01. The van der Waals surface area contributed by atoms with Gasteiger partial charge in [0.1, 0.15) is 11.8 Å². The Bertz CT molecular complexity index is 1180. The third kappa shape index (κ3) is 5.23. The number of methoxy groups -OCH3 is 1. The number of piperidine rings is 1. The molecule has 0 aliphatic carbocycles. The summed E-state index contributed by atoms with van der Waals surface area (Å²) in [5.41, 5.74) is 8.16. The molecule has 1 heterocycles. The molecule has 1 N–H and O–H groups in total. The molecule has 0 aromatic heterocycles. The van der Waals surface area contributed by atoms with E-state index in [0.717, 1.165) is 41.8 Å². The van der Waals surface area contributed by atoms with Crippen LogP contribution in [0.4, 0.5) is 0 Å². The molecule has 0 radical (unpaired) electrons. The van der Waals surface area contributed by atoms with Gasteiger partial charge in [0.15, 0.2) is 0 Å². The smallest absolute Gasteiger partial charge is 0.320 e. The Hall–Kier alpha value is -3.37. The number of aliphatic carboxylic acids is 1. The van der Waals surface area contributed by atoms with Crippen LogP contribution in [0.25, 0.3) is 23.3 Å². The predicted octanol–water partition coefficient (Wildman–Crippen LogP) is 6.59. The highest BCUT2D eigenvalue weighted by Gasteiger charge is 2.29. The summed E-state index contributed by atoms with van der Waals surface area (Å²) in [5, 5.41) is 9.62. The number of ether oxygens (including phenoxy) is 1. The van der Waals surface area contributed by atoms with E-state index in [2.05, 4.69) is 85.5 Å². The largest absolute Gasteiger partial charge is 0.496 e. The molecule has 0 unspecified atom stereocenters. The number of aryl methyl sites for hydroxylation is 1. The van der Waals surface area contributed by atoms with Crippen molar-refractivity contribution in [2.45, 2.75) is 45.7 Å². The van der Waals surface area contributed by atoms with Crippen molar-refractivity contribution >= 4 is 18.1 Å². The highest BCUT2D eigenvalue weighted by Crippen LogP contribution is 2.30. The minimum Gasteiger partial charge on any atom is -0.496 e. The van der Waals surface area contributed by atoms with Crippen LogP contribution in [0.2, 0.25) is 0 Å². The van der Waals surface area contributed by atoms with Crippen LogP contribution in [0.5, 0.6) is 5.75 Å². The van der Waals surface area contributed by atoms with E-state index >= 15 is 0 Å². The predicted molar refractivity (Wildman–Crippen MR) is 139 cm³/mol. The fourth-order valence-corrected chi connectivity index (χ4v) is 4.88. The van der Waals surface area contributed by atoms with Crippen molar-refractivity contribution in [2.24, 2.45) is 0 Å². The number of nitrogens with zero attached hydrogens (tertiary/aromatic N) is 1. The van der Waals surface area contributed by atoms with E-state index in [-0.39, 0.29) is 0 Å². The minimum atomic E-state index is -0.733. The number of carboxylic acid groups (broad SMARTS) is 1. The SMILES string of the molecule is COc1cc(/C=C/c2cccc(-c3ccccc3)c2C)c(C)cc1CN1CCCC[C@H]1C(=O)O. The molecule has 4 rings (SSSR count). The van der Waals surface area contributed by atoms with Gasteiger partial charge in [-0.3, -0.25) is 9.69 Å². The summed E-state index contributed by atoms with van der Waals surface area (Å²) < 4.78 is 5.72. The molecule has 3 aromatic carbocycles. The van der Waals surface area contributed by atoms with Gasteiger partial charge in [0.25, 0.3) is 0 Å². The zero-order chi connectivity index (χ0) is 24.1. The molecule has 4 heteroatoms. The van der Waals surface area contributed by atoms with E-state index in [1.807, 2.05) is 6.07 Å². The summed E-state index contributed by atoms with van der Waals surface area (Å²) in [6.45, 7) is 5.65. The first kappa shape index (κ1) is 23.8. The van der Waals surface area contributed by atoms with Crippen LogP contribution in [-0.2, 0) is 11.3 Å². The Morgan fingerprint density at radius 2 is 1.79 bits per heavy atom. The molecular formula is C30H33NO3. The first-order valence-electron chi connectivity index (χ1n) is 12.0. The van der Waals surface area contributed by atoms with E-state index in [0.29, 0.717) is 13.0 Å². The lowest BCUT2D eigenvalue weighted by atomic mass is 9.95. The van der Waals surface area contributed by atoms with Gasteiger partial charge in [0.05, 0.1) is 7.11 Å². The molecule has 1 aliphatic rings. The Morgan fingerprint density at radius 1 is 1.03 bits per heavy atom. The monoisotopic (exact) mass is 455 g/mol. The van der Waals surface area contributed by atoms with Crippen LogP contribution in [0.3, 0.4) is 0 Å². The third-order valence-electron chi connectivity index (χ3n) is 6.84. The fourth-order valence-electron chi connectivity index (χ4n) is 4.88. The van der Waals surface area contributed by atoms with Crippen molar-refractivity contribution in [2.75, 3.05) is 13.7 Å². The molecule has 0 saturated carbocycles. The molecule has 1 saturated heterocycles. The summed E-state index contributed by atoms with van der Waals surface area (Å²) in [7, 11) is 1.68. The lowest BCUT2D eigenvalue weighted by Crippen LogP contribution is -2.44. The van der Waals surface area contributed by atoms with Gasteiger partial charge in [-0.2, -0.15) is 0 Å². The average molecular weight is 456 g/mol. The van der Waals surface area contributed by atoms with Crippen molar-refractivity contribution in [1.29, 1.82) is 0 Å². The van der Waals surface area contributed by atoms with Crippen molar-refractivity contribution in [3.05, 3.63) is 88.5 Å². The van der Waals surface area contributed by atoms with Crippen molar-refractivity contribution in [1.82, 2.24) is 4.90 Å². The molecule has 0 spiro atoms. The quantitative estimate of drug-likeness (QED) is 0.408. The summed E-state index contributed by atoms with van der Waals surface area (Å²) in [5.74, 6) is 0.0674. The molecule has 3 aromatic rings. The van der Waals surface area contributed by atoms with Crippen LogP contribution >= 0.6 is 0 Å². The summed E-state index contributed by atoms with van der Waals surface area (Å²) in [4.78, 5) is 13.8. The molecule has 176 valence electrons. The second kappa shape index (κ2) is 10.7. The molecule has 0 amide bonds. The van der Waals surface area contributed by atoms with Gasteiger partial charge < -0.3 is 9.84 Å². The summed E-state index contributed by atoms with van der Waals surface area (Å²) >= 11 is 0. The lowest BCUT2D eigenvalue weighted by molar-refractivity contribution is -0.144. The minimum absolute atomic E-state index is 0.418. The standard InChI is InChI=1S/C30H33NO3/c1-21-18-26(20-31-17-8-7-14-28(31)30(32)33)29(34-3)19-25(21)16-15-23-12-9-13-27(22(23)2)24-10-5-4-6-11-24/h4-6,9-13,15-16,18-19,28H,7-8,14,17,20H2,1-3H3,(H,32,33)/b16-15+/t28-/m0/s1. The Kier molecular flexibility index (Phi) is 7.49. The number of carbonyl (C=O) groups is 1. The zero-order valence-electron chi connectivity index (χ0n) is 20.3. The maximum atomic E-state index is 11.7. The van der Waals surface area contributed by atoms with E-state index < -0.39 is 12.0 Å². The first-order chi connectivity index (χ1) is 16.5. The number of hydrogen-bond donors (Lipinski definition) is 1. The number of rotatable bonds is 7. The van der Waals surface area contributed by atoms with E-state index in [4.69, 9.17) is 4.74 Å². The van der Waals surface area contributed by atoms with Gasteiger partial charge in [0.2, 0.25) is 0 Å². The molecule has 1 fully saturated rings. The van der Waals surface area contributed by atoms with Crippen molar-refractivity contribution in [3.63, 3.8) is 0 Å². The van der Waals surface area contributed by atoms with Gasteiger partial charge in [-0.1, -0.05) is 73.2 Å². The van der Waals surface area contributed by atoms with Crippen LogP contribution in [-0.4, -0.2) is 35.7 Å². The normalized spacial score (nSPS) is 16.6. The number of carboxylic acids is 1. The lowest BCUT2D eigenvalue weighted by Gasteiger charge is -2.33. The maximum absolute atomic E-state index is 11.7. The molecule has 34 heavy (non-hydrogen) atoms. The van der Waals surface area contributed by atoms with Crippen LogP contribution in [0.15, 0.2) is 60.7 Å². The molecule has 4 nitrogen and oxygen atoms in total. The Labute approximate surface area is 202 Å². The second-order valence-electron chi connectivity index (χ2n) is 9.06. The van der Waals surface area contributed by atoms with Gasteiger partial charge in [-0.05, 0) is 72.7 Å². The Morgan fingerprint density at radius 3 is 2.53 bits per heavy atom. The molecular weight excluding hydrogens is 422 g/mol. The number of hydrogen-bond acceptors (Lipinski definition) is 3. The third-order valence-corrected chi connectivity index (χ3v) is 6.84. The summed E-state index contributed by atoms with van der Waals surface area (Å²) in [6, 6.07) is 20.6. The molecule has 1 atom stereocenters. The fraction of sp³-hybridized carbons (Fsp3) is 0.300. The molecule has 1 aliphatic heterocycles. The van der Waals surface area contributed by atoms with Crippen molar-refractivity contribution < 1.29 is 14.6 Å². The van der Waals surface area contributed by atoms with Crippen LogP contribution < -0.4 is 4.74 Å². The van der Waals surface area contributed by atoms with E-state index in [1.54, 1.807) is 7.11 Å². The Balaban J connectivity index is 1.60. The van der Waals surface area contributed by atoms with E-state index in [9.17, 15) is 9.90 Å². The van der Waals surface area contributed by atoms with Gasteiger partial charge in [-0.25, -0.2) is 0 Å². The molecule has 0 bridgehead atoms. The maximum Gasteiger partial charge on any atom is 0.320 e. The topological polar surface area (TPSA) is 49.8 Å². The first-order valence-corrected chi connectivity index (χ1v) is 12.0. The average Bonchev–Trinajstić information content (AvgIpc) is 2.85.